The first kappa shape index (κ1) is 14.6. The number of hydrogen-bond acceptors (Lipinski definition) is 4. The van der Waals surface area contributed by atoms with E-state index in [4.69, 9.17) is 27.6 Å². The monoisotopic (exact) mass is 271 g/mol. The minimum Gasteiger partial charge on any atom is -0.409 e. The van der Waals surface area contributed by atoms with Crippen LogP contribution in [-0.2, 0) is 0 Å². The Labute approximate surface area is 111 Å². The van der Waals surface area contributed by atoms with E-state index in [9.17, 15) is 0 Å². The van der Waals surface area contributed by atoms with Gasteiger partial charge in [0.1, 0.15) is 0 Å². The third-order valence-corrected chi connectivity index (χ3v) is 2.88. The predicted octanol–water partition coefficient (Wildman–Crippen LogP) is 1.64. The van der Waals surface area contributed by atoms with Crippen molar-refractivity contribution in [1.29, 1.82) is 0 Å². The van der Waals surface area contributed by atoms with Gasteiger partial charge in [-0.15, -0.1) is 0 Å². The molecule has 0 spiro atoms. The molecule has 0 heterocycles. The molecule has 1 aromatic rings. The number of benzene rings is 1. The van der Waals surface area contributed by atoms with Crippen LogP contribution in [0.25, 0.3) is 0 Å². The molecule has 18 heavy (non-hydrogen) atoms. The van der Waals surface area contributed by atoms with E-state index in [2.05, 4.69) is 12.1 Å². The lowest BCUT2D eigenvalue weighted by Crippen LogP contribution is -2.27. The average Bonchev–Trinajstić information content (AvgIpc) is 2.37. The van der Waals surface area contributed by atoms with Gasteiger partial charge in [0.05, 0.1) is 11.6 Å². The number of anilines is 1. The Bertz CT molecular complexity index is 418. The minimum atomic E-state index is -0.0178. The highest BCUT2D eigenvalue weighted by Gasteiger charge is 2.10. The number of aliphatic hydroxyl groups excluding tert-OH is 1. The first-order valence-corrected chi connectivity index (χ1v) is 6.15. The zero-order valence-corrected chi connectivity index (χ0v) is 11.1. The highest BCUT2D eigenvalue weighted by atomic mass is 35.5. The lowest BCUT2D eigenvalue weighted by Gasteiger charge is -2.23. The zero-order chi connectivity index (χ0) is 13.5. The molecule has 0 aliphatic carbocycles. The molecule has 0 saturated carbocycles. The molecule has 4 N–H and O–H groups in total. The van der Waals surface area contributed by atoms with Crippen LogP contribution in [0.3, 0.4) is 0 Å². The summed E-state index contributed by atoms with van der Waals surface area (Å²) in [7, 11) is 0. The molecule has 0 aromatic heterocycles. The quantitative estimate of drug-likeness (QED) is 0.318. The van der Waals surface area contributed by atoms with Crippen molar-refractivity contribution in [2.75, 3.05) is 24.6 Å². The molecule has 6 heteroatoms. The zero-order valence-electron chi connectivity index (χ0n) is 10.3. The average molecular weight is 272 g/mol. The van der Waals surface area contributed by atoms with Crippen molar-refractivity contribution in [3.63, 3.8) is 0 Å². The van der Waals surface area contributed by atoms with E-state index in [0.29, 0.717) is 17.1 Å². The molecule has 0 aliphatic heterocycles. The molecule has 1 aromatic carbocycles. The van der Waals surface area contributed by atoms with Crippen LogP contribution in [0.1, 0.15) is 18.9 Å². The van der Waals surface area contributed by atoms with Gasteiger partial charge in [-0.1, -0.05) is 23.7 Å². The molecule has 0 fully saturated rings. The van der Waals surface area contributed by atoms with Gasteiger partial charge in [-0.2, -0.15) is 0 Å². The molecule has 100 valence electrons. The van der Waals surface area contributed by atoms with Crippen LogP contribution in [0.5, 0.6) is 0 Å². The summed E-state index contributed by atoms with van der Waals surface area (Å²) in [6.07, 6.45) is 0.972. The summed E-state index contributed by atoms with van der Waals surface area (Å²) >= 11 is 6.09. The number of nitrogens with zero attached hydrogens (tertiary/aromatic N) is 2. The number of rotatable bonds is 6. The van der Waals surface area contributed by atoms with Gasteiger partial charge in [0.2, 0.25) is 0 Å². The number of amidine groups is 1. The lowest BCUT2D eigenvalue weighted by molar-refractivity contribution is 0.302. The molecule has 5 nitrogen and oxygen atoms in total. The number of oxime groups is 1. The third-order valence-electron chi connectivity index (χ3n) is 2.56. The van der Waals surface area contributed by atoms with Gasteiger partial charge in [-0.05, 0) is 24.6 Å². The number of aliphatic hydroxyl groups is 1. The van der Waals surface area contributed by atoms with Gasteiger partial charge >= 0.3 is 0 Å². The maximum atomic E-state index is 9.03. The second-order valence-electron chi connectivity index (χ2n) is 3.86. The molecular weight excluding hydrogens is 254 g/mol. The second-order valence-corrected chi connectivity index (χ2v) is 4.27. The van der Waals surface area contributed by atoms with E-state index in [1.165, 1.54) is 0 Å². The maximum Gasteiger partial charge on any atom is 0.171 e. The van der Waals surface area contributed by atoms with Crippen LogP contribution in [0, 0.1) is 0 Å². The van der Waals surface area contributed by atoms with Crippen LogP contribution >= 0.6 is 11.6 Å². The first-order chi connectivity index (χ1) is 8.63. The van der Waals surface area contributed by atoms with Crippen molar-refractivity contribution in [3.05, 3.63) is 28.8 Å². The number of hydrogen-bond donors (Lipinski definition) is 3. The Morgan fingerprint density at radius 2 is 2.17 bits per heavy atom. The van der Waals surface area contributed by atoms with Gasteiger partial charge in [0, 0.05) is 24.3 Å². The molecule has 0 atom stereocenters. The summed E-state index contributed by atoms with van der Waals surface area (Å²) in [6, 6.07) is 5.29. The van der Waals surface area contributed by atoms with Crippen molar-refractivity contribution in [3.8, 4) is 0 Å². The predicted molar refractivity (Wildman–Crippen MR) is 73.6 cm³/mol. The van der Waals surface area contributed by atoms with Gasteiger partial charge in [-0.25, -0.2) is 0 Å². The van der Waals surface area contributed by atoms with Crippen molar-refractivity contribution < 1.29 is 10.3 Å². The van der Waals surface area contributed by atoms with E-state index in [-0.39, 0.29) is 12.4 Å². The van der Waals surface area contributed by atoms with E-state index in [0.717, 1.165) is 18.7 Å². The summed E-state index contributed by atoms with van der Waals surface area (Å²) < 4.78 is 0. The Hall–Kier alpha value is -1.46. The molecule has 0 saturated heterocycles. The molecule has 1 rings (SSSR count). The first-order valence-electron chi connectivity index (χ1n) is 5.77. The lowest BCUT2D eigenvalue weighted by atomic mass is 10.1. The molecule has 0 amide bonds. The van der Waals surface area contributed by atoms with Crippen molar-refractivity contribution in [2.24, 2.45) is 10.9 Å². The Morgan fingerprint density at radius 1 is 1.44 bits per heavy atom. The third kappa shape index (κ3) is 3.51. The Balaban J connectivity index is 3.01. The summed E-state index contributed by atoms with van der Waals surface area (Å²) in [5, 5.41) is 21.0. The smallest absolute Gasteiger partial charge is 0.171 e. The summed E-state index contributed by atoms with van der Waals surface area (Å²) in [5.41, 5.74) is 6.90. The summed E-state index contributed by atoms with van der Waals surface area (Å²) in [4.78, 5) is 2.03. The Morgan fingerprint density at radius 3 is 2.67 bits per heavy atom. The molecule has 0 bridgehead atoms. The van der Waals surface area contributed by atoms with Gasteiger partial charge < -0.3 is 20.9 Å². The fourth-order valence-corrected chi connectivity index (χ4v) is 1.99. The molecule has 0 radical (unpaired) electrons. The number of nitrogens with two attached hydrogens (primary N) is 1. The topological polar surface area (TPSA) is 82.1 Å². The van der Waals surface area contributed by atoms with E-state index >= 15 is 0 Å². The second kappa shape index (κ2) is 7.08. The number of halogens is 1. The van der Waals surface area contributed by atoms with E-state index < -0.39 is 0 Å². The van der Waals surface area contributed by atoms with Crippen LogP contribution in [0.15, 0.2) is 23.4 Å². The fourth-order valence-electron chi connectivity index (χ4n) is 1.72. The highest BCUT2D eigenvalue weighted by Crippen LogP contribution is 2.23. The normalized spacial score (nSPS) is 11.6. The Kier molecular flexibility index (Phi) is 5.74. The van der Waals surface area contributed by atoms with Crippen LogP contribution < -0.4 is 10.6 Å². The minimum absolute atomic E-state index is 0.0178. The highest BCUT2D eigenvalue weighted by molar-refractivity contribution is 6.34. The standard InChI is InChI=1S/C12H18ClN3O2/c1-2-5-16(6-7-17)9-3-4-10(11(13)8-9)12(14)15-18/h3-4,8,17-18H,2,5-7H2,1H3,(H2,14,15). The van der Waals surface area contributed by atoms with Gasteiger partial charge in [0.15, 0.2) is 5.84 Å². The molecular formula is C12H18ClN3O2. The van der Waals surface area contributed by atoms with E-state index in [1.807, 2.05) is 11.0 Å². The fraction of sp³-hybridized carbons (Fsp3) is 0.417. The van der Waals surface area contributed by atoms with Gasteiger partial charge in [0.25, 0.3) is 0 Å². The summed E-state index contributed by atoms with van der Waals surface area (Å²) in [6.45, 7) is 3.53. The largest absolute Gasteiger partial charge is 0.409 e. The van der Waals surface area contributed by atoms with Crippen molar-refractivity contribution in [2.45, 2.75) is 13.3 Å². The van der Waals surface area contributed by atoms with Crippen LogP contribution in [-0.4, -0.2) is 35.8 Å². The summed E-state index contributed by atoms with van der Waals surface area (Å²) in [5.74, 6) is -0.0178. The van der Waals surface area contributed by atoms with Crippen LogP contribution in [0.4, 0.5) is 5.69 Å². The van der Waals surface area contributed by atoms with Gasteiger partial charge in [-0.3, -0.25) is 0 Å². The maximum absolute atomic E-state index is 9.03. The molecule has 0 aliphatic rings. The van der Waals surface area contributed by atoms with E-state index in [1.54, 1.807) is 12.1 Å². The van der Waals surface area contributed by atoms with Crippen molar-refractivity contribution >= 4 is 23.1 Å². The van der Waals surface area contributed by atoms with Crippen LogP contribution in [0.2, 0.25) is 5.02 Å². The van der Waals surface area contributed by atoms with Crippen molar-refractivity contribution in [1.82, 2.24) is 0 Å². The SMILES string of the molecule is CCCN(CCO)c1ccc(C(N)=NO)c(Cl)c1. The molecule has 0 unspecified atom stereocenters.